The molecule has 9 heteroatoms. The minimum atomic E-state index is -3.74. The van der Waals surface area contributed by atoms with Crippen LogP contribution in [0.1, 0.15) is 5.56 Å². The fraction of sp³-hybridized carbons (Fsp3) is 0.0833. The van der Waals surface area contributed by atoms with Crippen LogP contribution in [0.25, 0.3) is 4.96 Å². The highest BCUT2D eigenvalue weighted by Crippen LogP contribution is 2.23. The van der Waals surface area contributed by atoms with Crippen molar-refractivity contribution in [3.8, 4) is 0 Å². The summed E-state index contributed by atoms with van der Waals surface area (Å²) in [6, 6.07) is 7.41. The Labute approximate surface area is 133 Å². The lowest BCUT2D eigenvalue weighted by atomic mass is 10.2. The number of sulfonamides is 1. The lowest BCUT2D eigenvalue weighted by Crippen LogP contribution is -2.25. The van der Waals surface area contributed by atoms with Crippen molar-refractivity contribution in [3.63, 3.8) is 0 Å². The summed E-state index contributed by atoms with van der Waals surface area (Å²) in [5, 5.41) is 1.74. The number of aromatic nitrogens is 2. The third-order valence-corrected chi connectivity index (χ3v) is 5.54. The number of halogens is 1. The molecule has 2 aromatic heterocycles. The Balaban J connectivity index is 1.90. The molecule has 0 unspecified atom stereocenters. The number of anilines is 1. The van der Waals surface area contributed by atoms with Crippen molar-refractivity contribution in [3.05, 3.63) is 45.9 Å². The zero-order chi connectivity index (χ0) is 15.0. The molecule has 0 aliphatic heterocycles. The molecule has 110 valence electrons. The summed E-state index contributed by atoms with van der Waals surface area (Å²) in [7, 11) is -3.74. The predicted molar refractivity (Wildman–Crippen MR) is 85.6 cm³/mol. The first-order valence-electron chi connectivity index (χ1n) is 5.92. The summed E-state index contributed by atoms with van der Waals surface area (Å²) in [6.45, 7) is 0.179. The maximum Gasteiger partial charge on any atom is 0.260 e. The molecule has 0 fully saturated rings. The third-order valence-electron chi connectivity index (χ3n) is 2.85. The SMILES string of the molecule is Nc1nc2sccn2c1S(=O)(=O)NCc1cccc(Br)c1. The number of nitrogens with one attached hydrogen (secondary N) is 1. The van der Waals surface area contributed by atoms with E-state index in [1.807, 2.05) is 24.3 Å². The fourth-order valence-corrected chi connectivity index (χ4v) is 4.39. The normalized spacial score (nSPS) is 12.0. The van der Waals surface area contributed by atoms with E-state index in [0.29, 0.717) is 4.96 Å². The molecule has 0 aliphatic rings. The summed E-state index contributed by atoms with van der Waals surface area (Å²) in [5.74, 6) is 0.00333. The van der Waals surface area contributed by atoms with Gasteiger partial charge >= 0.3 is 0 Å². The molecular formula is C12H11BrN4O2S2. The smallest absolute Gasteiger partial charge is 0.260 e. The van der Waals surface area contributed by atoms with Crippen LogP contribution >= 0.6 is 27.3 Å². The Morgan fingerprint density at radius 2 is 2.24 bits per heavy atom. The zero-order valence-electron chi connectivity index (χ0n) is 10.7. The monoisotopic (exact) mass is 386 g/mol. The van der Waals surface area contributed by atoms with Gasteiger partial charge in [-0.15, -0.1) is 11.3 Å². The Kier molecular flexibility index (Phi) is 3.74. The first-order chi connectivity index (χ1) is 9.97. The van der Waals surface area contributed by atoms with Crippen LogP contribution in [0.4, 0.5) is 5.82 Å². The molecule has 0 radical (unpaired) electrons. The second-order valence-electron chi connectivity index (χ2n) is 4.31. The quantitative estimate of drug-likeness (QED) is 0.719. The van der Waals surface area contributed by atoms with Crippen molar-refractivity contribution < 1.29 is 8.42 Å². The van der Waals surface area contributed by atoms with Gasteiger partial charge in [0.15, 0.2) is 15.8 Å². The average Bonchev–Trinajstić information content (AvgIpc) is 2.96. The second-order valence-corrected chi connectivity index (χ2v) is 7.78. The van der Waals surface area contributed by atoms with Gasteiger partial charge < -0.3 is 5.73 Å². The van der Waals surface area contributed by atoms with E-state index in [0.717, 1.165) is 10.0 Å². The minimum absolute atomic E-state index is 0.00333. The number of hydrogen-bond acceptors (Lipinski definition) is 5. The molecule has 0 bridgehead atoms. The van der Waals surface area contributed by atoms with E-state index in [1.54, 1.807) is 11.6 Å². The molecule has 0 amide bonds. The number of nitrogens with zero attached hydrogens (tertiary/aromatic N) is 2. The number of imidazole rings is 1. The summed E-state index contributed by atoms with van der Waals surface area (Å²) < 4.78 is 29.8. The molecular weight excluding hydrogens is 376 g/mol. The van der Waals surface area contributed by atoms with E-state index >= 15 is 0 Å². The number of nitrogens with two attached hydrogens (primary N) is 1. The van der Waals surface area contributed by atoms with E-state index < -0.39 is 10.0 Å². The number of rotatable bonds is 4. The van der Waals surface area contributed by atoms with Gasteiger partial charge in [-0.2, -0.15) is 0 Å². The van der Waals surface area contributed by atoms with E-state index in [9.17, 15) is 8.42 Å². The molecule has 0 saturated carbocycles. The van der Waals surface area contributed by atoms with Crippen molar-refractivity contribution in [1.82, 2.24) is 14.1 Å². The van der Waals surface area contributed by atoms with E-state index in [1.165, 1.54) is 15.7 Å². The van der Waals surface area contributed by atoms with Crippen molar-refractivity contribution in [2.24, 2.45) is 0 Å². The predicted octanol–water partition coefficient (Wildman–Crippen LogP) is 2.22. The number of thiazole rings is 1. The van der Waals surface area contributed by atoms with Gasteiger partial charge in [-0.1, -0.05) is 28.1 Å². The third kappa shape index (κ3) is 2.82. The Morgan fingerprint density at radius 3 is 3.00 bits per heavy atom. The molecule has 0 saturated heterocycles. The van der Waals surface area contributed by atoms with E-state index in [2.05, 4.69) is 25.6 Å². The second kappa shape index (κ2) is 5.41. The van der Waals surface area contributed by atoms with Gasteiger partial charge in [0.25, 0.3) is 10.0 Å². The Morgan fingerprint density at radius 1 is 1.43 bits per heavy atom. The molecule has 21 heavy (non-hydrogen) atoms. The highest BCUT2D eigenvalue weighted by Gasteiger charge is 2.24. The molecule has 0 spiro atoms. The zero-order valence-corrected chi connectivity index (χ0v) is 13.9. The van der Waals surface area contributed by atoms with Gasteiger partial charge in [0, 0.05) is 22.6 Å². The topological polar surface area (TPSA) is 89.5 Å². The lowest BCUT2D eigenvalue weighted by Gasteiger charge is -2.07. The molecule has 3 aromatic rings. The molecule has 3 rings (SSSR count). The molecule has 0 atom stereocenters. The summed E-state index contributed by atoms with van der Waals surface area (Å²) in [5.41, 5.74) is 6.57. The number of benzene rings is 1. The van der Waals surface area contributed by atoms with Gasteiger partial charge in [-0.3, -0.25) is 4.40 Å². The van der Waals surface area contributed by atoms with Crippen LogP contribution in [0.2, 0.25) is 0 Å². The summed E-state index contributed by atoms with van der Waals surface area (Å²) in [4.78, 5) is 4.59. The van der Waals surface area contributed by atoms with Crippen LogP contribution < -0.4 is 10.5 Å². The van der Waals surface area contributed by atoms with Gasteiger partial charge in [0.1, 0.15) is 0 Å². The largest absolute Gasteiger partial charge is 0.381 e. The van der Waals surface area contributed by atoms with Crippen LogP contribution in [0.3, 0.4) is 0 Å². The molecule has 3 N–H and O–H groups in total. The summed E-state index contributed by atoms with van der Waals surface area (Å²) >= 11 is 4.68. The van der Waals surface area contributed by atoms with Crippen molar-refractivity contribution in [2.75, 3.05) is 5.73 Å². The molecule has 0 aliphatic carbocycles. The van der Waals surface area contributed by atoms with Gasteiger partial charge in [-0.25, -0.2) is 18.1 Å². The van der Waals surface area contributed by atoms with Crippen LogP contribution in [-0.4, -0.2) is 17.8 Å². The van der Waals surface area contributed by atoms with E-state index in [-0.39, 0.29) is 17.4 Å². The van der Waals surface area contributed by atoms with Crippen LogP contribution in [0, 0.1) is 0 Å². The standard InChI is InChI=1S/C12H11BrN4O2S2/c13-9-3-1-2-8(6-9)7-15-21(18,19)11-10(14)16-12-17(11)4-5-20-12/h1-6,15H,7,14H2. The molecule has 1 aromatic carbocycles. The molecule has 2 heterocycles. The fourth-order valence-electron chi connectivity index (χ4n) is 1.94. The van der Waals surface area contributed by atoms with Gasteiger partial charge in [-0.05, 0) is 17.7 Å². The maximum atomic E-state index is 12.4. The van der Waals surface area contributed by atoms with Crippen molar-refractivity contribution in [1.29, 1.82) is 0 Å². The lowest BCUT2D eigenvalue weighted by molar-refractivity contribution is 0.577. The highest BCUT2D eigenvalue weighted by molar-refractivity contribution is 9.10. The van der Waals surface area contributed by atoms with Crippen LogP contribution in [0.15, 0.2) is 45.3 Å². The molecule has 6 nitrogen and oxygen atoms in total. The first-order valence-corrected chi connectivity index (χ1v) is 9.08. The van der Waals surface area contributed by atoms with Gasteiger partial charge in [0.2, 0.25) is 0 Å². The first kappa shape index (κ1) is 14.5. The summed E-state index contributed by atoms with van der Waals surface area (Å²) in [6.07, 6.45) is 1.64. The Bertz CT molecular complexity index is 901. The maximum absolute atomic E-state index is 12.4. The average molecular weight is 387 g/mol. The van der Waals surface area contributed by atoms with Crippen LogP contribution in [0.5, 0.6) is 0 Å². The number of nitrogen functional groups attached to an aromatic ring is 1. The number of fused-ring (bicyclic) bond motifs is 1. The minimum Gasteiger partial charge on any atom is -0.381 e. The van der Waals surface area contributed by atoms with Crippen molar-refractivity contribution >= 4 is 48.1 Å². The number of hydrogen-bond donors (Lipinski definition) is 2. The van der Waals surface area contributed by atoms with Crippen LogP contribution in [-0.2, 0) is 16.6 Å². The van der Waals surface area contributed by atoms with E-state index in [4.69, 9.17) is 5.73 Å². The highest BCUT2D eigenvalue weighted by atomic mass is 79.9. The van der Waals surface area contributed by atoms with Gasteiger partial charge in [0.05, 0.1) is 0 Å². The Hall–Kier alpha value is -1.42. The van der Waals surface area contributed by atoms with Crippen molar-refractivity contribution in [2.45, 2.75) is 11.6 Å².